The molecule has 0 saturated carbocycles. The fourth-order valence-corrected chi connectivity index (χ4v) is 4.39. The molecule has 0 aliphatic carbocycles. The fourth-order valence-electron chi connectivity index (χ4n) is 3.08. The lowest BCUT2D eigenvalue weighted by atomic mass is 9.99. The normalized spacial score (nSPS) is 13.1. The maximum atomic E-state index is 12.7. The van der Waals surface area contributed by atoms with Gasteiger partial charge in [-0.2, -0.15) is 0 Å². The number of aromatic nitrogens is 1. The Morgan fingerprint density at radius 1 is 0.821 bits per heavy atom. The Balaban J connectivity index is 1.97. The largest absolute Gasteiger partial charge is 0.494 e. The van der Waals surface area contributed by atoms with E-state index in [1.807, 2.05) is 31.2 Å². The molecule has 28 heavy (non-hydrogen) atoms. The number of benzene rings is 2. The van der Waals surface area contributed by atoms with E-state index in [1.54, 1.807) is 0 Å². The molecule has 1 aliphatic rings. The minimum Gasteiger partial charge on any atom is -0.494 e. The van der Waals surface area contributed by atoms with Crippen LogP contribution in [0.5, 0.6) is 5.88 Å². The lowest BCUT2D eigenvalue weighted by molar-refractivity contribution is 0.101. The van der Waals surface area contributed by atoms with Crippen LogP contribution in [0.3, 0.4) is 0 Å². The van der Waals surface area contributed by atoms with E-state index in [4.69, 9.17) is 58.0 Å². The summed E-state index contributed by atoms with van der Waals surface area (Å²) in [5.41, 5.74) is 2.81. The molecule has 142 valence electrons. The first-order valence-electron chi connectivity index (χ1n) is 7.89. The first kappa shape index (κ1) is 19.6. The van der Waals surface area contributed by atoms with Gasteiger partial charge < -0.3 is 10.1 Å². The van der Waals surface area contributed by atoms with Crippen LogP contribution in [-0.4, -0.2) is 21.7 Å². The molecule has 2 aromatic carbocycles. The number of nitrogens with zero attached hydrogens (tertiary/aromatic N) is 1. The molecule has 9 heteroatoms. The number of fused-ring (bicyclic) bond motifs is 1. The maximum Gasteiger partial charge on any atom is 0.280 e. The molecule has 1 aliphatic heterocycles. The zero-order valence-electron chi connectivity index (χ0n) is 14.0. The molecule has 0 unspecified atom stereocenters. The highest BCUT2D eigenvalue weighted by atomic mass is 35.5. The smallest absolute Gasteiger partial charge is 0.280 e. The van der Waals surface area contributed by atoms with E-state index >= 15 is 0 Å². The molecule has 1 aromatic heterocycles. The Hall–Kier alpha value is -1.69. The van der Waals surface area contributed by atoms with Crippen LogP contribution in [0.4, 0.5) is 0 Å². The van der Waals surface area contributed by atoms with Crippen LogP contribution in [0.15, 0.2) is 29.3 Å². The summed E-state index contributed by atoms with van der Waals surface area (Å²) in [6, 6.07) is 7.46. The summed E-state index contributed by atoms with van der Waals surface area (Å²) in [7, 11) is 0. The second kappa shape index (κ2) is 6.97. The summed E-state index contributed by atoms with van der Waals surface area (Å²) in [5, 5.41) is 10.4. The summed E-state index contributed by atoms with van der Waals surface area (Å²) in [6.45, 7) is 1.95. The van der Waals surface area contributed by atoms with Gasteiger partial charge in [-0.3, -0.25) is 4.79 Å². The summed E-state index contributed by atoms with van der Waals surface area (Å²) in [5.74, 6) is -0.795. The number of aromatic amines is 1. The van der Waals surface area contributed by atoms with Crippen LogP contribution in [-0.2, 0) is 0 Å². The van der Waals surface area contributed by atoms with E-state index in [1.165, 1.54) is 0 Å². The van der Waals surface area contributed by atoms with Crippen LogP contribution in [0, 0.1) is 6.92 Å². The zero-order chi connectivity index (χ0) is 20.3. The van der Waals surface area contributed by atoms with Gasteiger partial charge in [-0.15, -0.1) is 0 Å². The Bertz CT molecular complexity index is 1170. The van der Waals surface area contributed by atoms with Crippen molar-refractivity contribution in [3.8, 4) is 17.1 Å². The number of carbonyl (C=O) groups is 1. The van der Waals surface area contributed by atoms with Gasteiger partial charge in [-0.25, -0.2) is 4.99 Å². The van der Waals surface area contributed by atoms with Crippen molar-refractivity contribution in [3.05, 3.63) is 71.6 Å². The molecular weight excluding hydrogens is 465 g/mol. The number of carbonyl (C=O) groups excluding carboxylic acids is 1. The second-order valence-electron chi connectivity index (χ2n) is 6.18. The van der Waals surface area contributed by atoms with Gasteiger partial charge >= 0.3 is 0 Å². The van der Waals surface area contributed by atoms with Crippen LogP contribution in [0.25, 0.3) is 11.3 Å². The first-order valence-corrected chi connectivity index (χ1v) is 9.78. The Morgan fingerprint density at radius 3 is 1.93 bits per heavy atom. The van der Waals surface area contributed by atoms with Gasteiger partial charge in [0.2, 0.25) is 0 Å². The number of aliphatic imine (C=N–C) groups is 1. The Morgan fingerprint density at radius 2 is 1.36 bits per heavy atom. The topological polar surface area (TPSA) is 65.4 Å². The van der Waals surface area contributed by atoms with Gasteiger partial charge in [-0.1, -0.05) is 87.8 Å². The van der Waals surface area contributed by atoms with Gasteiger partial charge in [0.15, 0.2) is 5.88 Å². The minimum absolute atomic E-state index is 0.00846. The molecule has 4 nitrogen and oxygen atoms in total. The highest BCUT2D eigenvalue weighted by Crippen LogP contribution is 2.47. The van der Waals surface area contributed by atoms with E-state index in [0.717, 1.165) is 11.1 Å². The Labute approximate surface area is 184 Å². The van der Waals surface area contributed by atoms with E-state index in [-0.39, 0.29) is 53.4 Å². The Kier molecular flexibility index (Phi) is 4.89. The average molecular weight is 475 g/mol. The van der Waals surface area contributed by atoms with Gasteiger partial charge in [-0.05, 0) is 12.5 Å². The van der Waals surface area contributed by atoms with Crippen molar-refractivity contribution >= 4 is 69.6 Å². The monoisotopic (exact) mass is 472 g/mol. The third-order valence-corrected chi connectivity index (χ3v) is 6.71. The molecule has 2 N–H and O–H groups in total. The molecule has 3 aromatic rings. The van der Waals surface area contributed by atoms with E-state index in [2.05, 4.69) is 9.98 Å². The number of amides is 1. The van der Waals surface area contributed by atoms with Crippen molar-refractivity contribution in [2.75, 3.05) is 0 Å². The highest BCUT2D eigenvalue weighted by molar-refractivity contribution is 6.57. The molecule has 0 atom stereocenters. The number of H-pyrrole nitrogens is 1. The number of rotatable bonds is 2. The minimum atomic E-state index is -0.550. The third kappa shape index (κ3) is 2.83. The second-order valence-corrected chi connectivity index (χ2v) is 8.06. The maximum absolute atomic E-state index is 12.7. The molecular formula is C19H9Cl5N2O2. The summed E-state index contributed by atoms with van der Waals surface area (Å²) in [4.78, 5) is 19.6. The molecule has 0 fully saturated rings. The zero-order valence-corrected chi connectivity index (χ0v) is 17.8. The lowest BCUT2D eigenvalue weighted by Crippen LogP contribution is -2.03. The van der Waals surface area contributed by atoms with E-state index in [0.29, 0.717) is 5.69 Å². The molecule has 2 heterocycles. The fraction of sp³-hybridized carbons (Fsp3) is 0.0526. The predicted octanol–water partition coefficient (Wildman–Crippen LogP) is 6.95. The van der Waals surface area contributed by atoms with Crippen molar-refractivity contribution < 1.29 is 9.90 Å². The highest BCUT2D eigenvalue weighted by Gasteiger charge is 2.36. The quantitative estimate of drug-likeness (QED) is 0.312. The first-order chi connectivity index (χ1) is 13.2. The summed E-state index contributed by atoms with van der Waals surface area (Å²) < 4.78 is 0. The number of nitrogens with one attached hydrogen (secondary N) is 1. The molecule has 0 spiro atoms. The van der Waals surface area contributed by atoms with Crippen molar-refractivity contribution in [2.45, 2.75) is 6.92 Å². The molecule has 0 bridgehead atoms. The average Bonchev–Trinajstić information content (AvgIpc) is 3.18. The standard InChI is InChI=1S/C19H9Cl5N2O2/c1-6-2-4-7(5-3-6)16-8-9(19(28)25-16)17(26-18(8)27)10-11(20)13(22)15(24)14(23)12(10)21/h2-5,25,28H,1H3. The molecule has 0 radical (unpaired) electrons. The number of hydrogen-bond donors (Lipinski definition) is 2. The SMILES string of the molecule is Cc1ccc(-c2[nH]c(O)c3c2C(=O)N=C3c2c(Cl)c(Cl)c(Cl)c(Cl)c2Cl)cc1. The van der Waals surface area contributed by atoms with E-state index in [9.17, 15) is 9.90 Å². The lowest BCUT2D eigenvalue weighted by Gasteiger charge is -2.12. The number of aryl methyl sites for hydroxylation is 1. The van der Waals surface area contributed by atoms with E-state index < -0.39 is 5.91 Å². The summed E-state index contributed by atoms with van der Waals surface area (Å²) >= 11 is 30.9. The number of aromatic hydroxyl groups is 1. The number of halogens is 5. The molecule has 0 saturated heterocycles. The van der Waals surface area contributed by atoms with Crippen LogP contribution < -0.4 is 0 Å². The summed E-state index contributed by atoms with van der Waals surface area (Å²) in [6.07, 6.45) is 0. The third-order valence-electron chi connectivity index (χ3n) is 4.43. The van der Waals surface area contributed by atoms with Crippen LogP contribution >= 0.6 is 58.0 Å². The van der Waals surface area contributed by atoms with Gasteiger partial charge in [0, 0.05) is 5.56 Å². The van der Waals surface area contributed by atoms with Crippen molar-refractivity contribution in [1.82, 2.24) is 4.98 Å². The van der Waals surface area contributed by atoms with Crippen LogP contribution in [0.2, 0.25) is 25.1 Å². The van der Waals surface area contributed by atoms with Crippen LogP contribution in [0.1, 0.15) is 27.0 Å². The van der Waals surface area contributed by atoms with Crippen molar-refractivity contribution in [1.29, 1.82) is 0 Å². The molecule has 1 amide bonds. The number of hydrogen-bond acceptors (Lipinski definition) is 2. The van der Waals surface area contributed by atoms with Gasteiger partial charge in [0.05, 0.1) is 47.6 Å². The van der Waals surface area contributed by atoms with Gasteiger partial charge in [0.25, 0.3) is 5.91 Å². The van der Waals surface area contributed by atoms with Crippen molar-refractivity contribution in [3.63, 3.8) is 0 Å². The van der Waals surface area contributed by atoms with Crippen molar-refractivity contribution in [2.24, 2.45) is 4.99 Å². The molecule has 4 rings (SSSR count). The predicted molar refractivity (Wildman–Crippen MR) is 114 cm³/mol. The van der Waals surface area contributed by atoms with Gasteiger partial charge in [0.1, 0.15) is 0 Å².